The summed E-state index contributed by atoms with van der Waals surface area (Å²) in [6, 6.07) is 19.5. The second kappa shape index (κ2) is 8.34. The van der Waals surface area contributed by atoms with Gasteiger partial charge in [0, 0.05) is 27.8 Å². The largest absolute Gasteiger partial charge is 0.322 e. The Morgan fingerprint density at radius 1 is 1.00 bits per heavy atom. The fraction of sp³-hybridized carbons (Fsp3) is 0.0500. The first kappa shape index (κ1) is 20.4. The number of carbonyl (C=O) groups excluding carboxylic acids is 1. The standard InChI is InChI=1S/C20H16BrClN2O3S/c1-24(28(26,27)19-11-7-16(22)8-12-19)18-9-5-14(6-10-18)20(25)23-17-4-2-3-15(21)13-17/h2-13H,1H3,(H,23,25). The number of anilines is 2. The van der Waals surface area contributed by atoms with Gasteiger partial charge in [0.25, 0.3) is 15.9 Å². The van der Waals surface area contributed by atoms with Crippen LogP contribution in [0.5, 0.6) is 0 Å². The lowest BCUT2D eigenvalue weighted by atomic mass is 10.2. The molecule has 0 unspecified atom stereocenters. The minimum absolute atomic E-state index is 0.135. The summed E-state index contributed by atoms with van der Waals surface area (Å²) in [5.74, 6) is -0.284. The highest BCUT2D eigenvalue weighted by Crippen LogP contribution is 2.24. The number of sulfonamides is 1. The summed E-state index contributed by atoms with van der Waals surface area (Å²) in [5.41, 5.74) is 1.51. The fourth-order valence-electron chi connectivity index (χ4n) is 2.50. The van der Waals surface area contributed by atoms with Gasteiger partial charge in [-0.25, -0.2) is 8.42 Å². The maximum Gasteiger partial charge on any atom is 0.264 e. The Labute approximate surface area is 177 Å². The molecular weight excluding hydrogens is 464 g/mol. The van der Waals surface area contributed by atoms with Crippen LogP contribution in [0.3, 0.4) is 0 Å². The van der Waals surface area contributed by atoms with Crippen molar-refractivity contribution in [2.75, 3.05) is 16.7 Å². The van der Waals surface area contributed by atoms with Crippen molar-refractivity contribution in [3.05, 3.63) is 87.9 Å². The van der Waals surface area contributed by atoms with Crippen LogP contribution in [-0.2, 0) is 10.0 Å². The molecule has 0 atom stereocenters. The van der Waals surface area contributed by atoms with Crippen molar-refractivity contribution in [1.29, 1.82) is 0 Å². The molecule has 144 valence electrons. The molecule has 0 heterocycles. The van der Waals surface area contributed by atoms with Crippen molar-refractivity contribution in [3.63, 3.8) is 0 Å². The van der Waals surface area contributed by atoms with Crippen molar-refractivity contribution in [3.8, 4) is 0 Å². The van der Waals surface area contributed by atoms with Gasteiger partial charge < -0.3 is 5.32 Å². The van der Waals surface area contributed by atoms with E-state index in [0.29, 0.717) is 22.0 Å². The summed E-state index contributed by atoms with van der Waals surface area (Å²) in [6.07, 6.45) is 0. The molecule has 0 aliphatic carbocycles. The zero-order chi connectivity index (χ0) is 20.3. The van der Waals surface area contributed by atoms with Crippen molar-refractivity contribution in [1.82, 2.24) is 0 Å². The average molecular weight is 480 g/mol. The van der Waals surface area contributed by atoms with Gasteiger partial charge in [-0.1, -0.05) is 33.6 Å². The maximum atomic E-state index is 12.7. The third kappa shape index (κ3) is 4.55. The summed E-state index contributed by atoms with van der Waals surface area (Å²) in [6.45, 7) is 0. The fourth-order valence-corrected chi connectivity index (χ4v) is 4.22. The topological polar surface area (TPSA) is 66.5 Å². The molecular formula is C20H16BrClN2O3S. The van der Waals surface area contributed by atoms with Crippen LogP contribution in [0.4, 0.5) is 11.4 Å². The number of hydrogen-bond acceptors (Lipinski definition) is 3. The molecule has 8 heteroatoms. The Bertz CT molecular complexity index is 1100. The Kier molecular flexibility index (Phi) is 6.07. The van der Waals surface area contributed by atoms with Gasteiger partial charge in [0.05, 0.1) is 10.6 Å². The Balaban J connectivity index is 1.77. The molecule has 28 heavy (non-hydrogen) atoms. The van der Waals surface area contributed by atoms with Crippen LogP contribution in [0.15, 0.2) is 82.2 Å². The zero-order valence-corrected chi connectivity index (χ0v) is 17.9. The summed E-state index contributed by atoms with van der Waals surface area (Å²) in [5, 5.41) is 3.26. The monoisotopic (exact) mass is 478 g/mol. The average Bonchev–Trinajstić information content (AvgIpc) is 2.68. The third-order valence-corrected chi connectivity index (χ3v) is 6.59. The van der Waals surface area contributed by atoms with Crippen LogP contribution in [-0.4, -0.2) is 21.4 Å². The van der Waals surface area contributed by atoms with Crippen LogP contribution in [0, 0.1) is 0 Å². The van der Waals surface area contributed by atoms with E-state index in [-0.39, 0.29) is 10.8 Å². The summed E-state index contributed by atoms with van der Waals surface area (Å²) >= 11 is 9.18. The number of benzene rings is 3. The van der Waals surface area contributed by atoms with Gasteiger partial charge in [0.15, 0.2) is 0 Å². The van der Waals surface area contributed by atoms with Crippen molar-refractivity contribution in [2.45, 2.75) is 4.90 Å². The Morgan fingerprint density at radius 3 is 2.25 bits per heavy atom. The van der Waals surface area contributed by atoms with E-state index in [1.54, 1.807) is 36.4 Å². The van der Waals surface area contributed by atoms with E-state index in [2.05, 4.69) is 21.2 Å². The highest BCUT2D eigenvalue weighted by atomic mass is 79.9. The van der Waals surface area contributed by atoms with E-state index in [1.807, 2.05) is 12.1 Å². The normalized spacial score (nSPS) is 11.1. The van der Waals surface area contributed by atoms with Gasteiger partial charge in [-0.05, 0) is 66.7 Å². The summed E-state index contributed by atoms with van der Waals surface area (Å²) < 4.78 is 27.5. The number of amides is 1. The van der Waals surface area contributed by atoms with Gasteiger partial charge in [0.2, 0.25) is 0 Å². The minimum Gasteiger partial charge on any atom is -0.322 e. The zero-order valence-electron chi connectivity index (χ0n) is 14.8. The second-order valence-electron chi connectivity index (χ2n) is 5.94. The van der Waals surface area contributed by atoms with Crippen LogP contribution < -0.4 is 9.62 Å². The predicted molar refractivity (Wildman–Crippen MR) is 116 cm³/mol. The molecule has 1 amide bonds. The van der Waals surface area contributed by atoms with Gasteiger partial charge in [-0.15, -0.1) is 0 Å². The van der Waals surface area contributed by atoms with E-state index < -0.39 is 10.0 Å². The Morgan fingerprint density at radius 2 is 1.64 bits per heavy atom. The van der Waals surface area contributed by atoms with Crippen molar-refractivity contribution < 1.29 is 13.2 Å². The van der Waals surface area contributed by atoms with E-state index in [0.717, 1.165) is 8.78 Å². The van der Waals surface area contributed by atoms with E-state index in [4.69, 9.17) is 11.6 Å². The molecule has 5 nitrogen and oxygen atoms in total. The summed E-state index contributed by atoms with van der Waals surface area (Å²) in [4.78, 5) is 12.5. The molecule has 3 rings (SSSR count). The molecule has 3 aromatic carbocycles. The molecule has 0 aromatic heterocycles. The van der Waals surface area contributed by atoms with Gasteiger partial charge in [-0.3, -0.25) is 9.10 Å². The predicted octanol–water partition coefficient (Wildman–Crippen LogP) is 5.18. The van der Waals surface area contributed by atoms with Gasteiger partial charge >= 0.3 is 0 Å². The highest BCUT2D eigenvalue weighted by Gasteiger charge is 2.21. The molecule has 0 aliphatic heterocycles. The van der Waals surface area contributed by atoms with Crippen LogP contribution in [0.1, 0.15) is 10.4 Å². The second-order valence-corrected chi connectivity index (χ2v) is 9.26. The molecule has 3 aromatic rings. The SMILES string of the molecule is CN(c1ccc(C(=O)Nc2cccc(Br)c2)cc1)S(=O)(=O)c1ccc(Cl)cc1. The smallest absolute Gasteiger partial charge is 0.264 e. The van der Waals surface area contributed by atoms with Crippen molar-refractivity contribution >= 4 is 54.8 Å². The lowest BCUT2D eigenvalue weighted by Gasteiger charge is -2.19. The molecule has 0 aliphatic rings. The number of nitrogens with one attached hydrogen (secondary N) is 1. The first-order valence-electron chi connectivity index (χ1n) is 8.19. The number of hydrogen-bond donors (Lipinski definition) is 1. The molecule has 1 N–H and O–H groups in total. The molecule has 0 spiro atoms. The first-order valence-corrected chi connectivity index (χ1v) is 10.8. The molecule has 0 saturated carbocycles. The molecule has 0 radical (unpaired) electrons. The van der Waals surface area contributed by atoms with Gasteiger partial charge in [-0.2, -0.15) is 0 Å². The molecule has 0 bridgehead atoms. The third-order valence-electron chi connectivity index (χ3n) is 4.05. The van der Waals surface area contributed by atoms with Crippen LogP contribution in [0.25, 0.3) is 0 Å². The van der Waals surface area contributed by atoms with E-state index in [1.165, 1.54) is 31.3 Å². The number of nitrogens with zero attached hydrogens (tertiary/aromatic N) is 1. The van der Waals surface area contributed by atoms with E-state index in [9.17, 15) is 13.2 Å². The van der Waals surface area contributed by atoms with Crippen molar-refractivity contribution in [2.24, 2.45) is 0 Å². The lowest BCUT2D eigenvalue weighted by molar-refractivity contribution is 0.102. The Hall–Kier alpha value is -2.35. The first-order chi connectivity index (χ1) is 13.3. The molecule has 0 fully saturated rings. The quantitative estimate of drug-likeness (QED) is 0.548. The summed E-state index contributed by atoms with van der Waals surface area (Å²) in [7, 11) is -2.27. The van der Waals surface area contributed by atoms with Crippen LogP contribution in [0.2, 0.25) is 5.02 Å². The lowest BCUT2D eigenvalue weighted by Crippen LogP contribution is -2.26. The van der Waals surface area contributed by atoms with Gasteiger partial charge in [0.1, 0.15) is 0 Å². The number of carbonyl (C=O) groups is 1. The van der Waals surface area contributed by atoms with Crippen LogP contribution >= 0.6 is 27.5 Å². The maximum absolute atomic E-state index is 12.7. The number of rotatable bonds is 5. The molecule has 0 saturated heterocycles. The number of halogens is 2. The minimum atomic E-state index is -3.73. The highest BCUT2D eigenvalue weighted by molar-refractivity contribution is 9.10. The van der Waals surface area contributed by atoms with E-state index >= 15 is 0 Å².